The summed E-state index contributed by atoms with van der Waals surface area (Å²) >= 11 is 0. The van der Waals surface area contributed by atoms with E-state index in [0.717, 1.165) is 35.4 Å². The smallest absolute Gasteiger partial charge is 0.172 e. The van der Waals surface area contributed by atoms with Crippen LogP contribution in [0, 0.1) is 13.8 Å². The number of nitrogens with zero attached hydrogens (tertiary/aromatic N) is 4. The lowest BCUT2D eigenvalue weighted by molar-refractivity contribution is 0.111. The first kappa shape index (κ1) is 15.1. The minimum Gasteiger partial charge on any atom is -0.361 e. The molecule has 0 aliphatic carbocycles. The van der Waals surface area contributed by atoms with Gasteiger partial charge in [-0.15, -0.1) is 5.10 Å². The molecule has 0 aliphatic rings. The van der Waals surface area contributed by atoms with Crippen molar-refractivity contribution in [1.82, 2.24) is 20.2 Å². The topological polar surface area (TPSA) is 73.8 Å². The third-order valence-corrected chi connectivity index (χ3v) is 3.96. The molecule has 3 aromatic rings. The molecule has 0 atom stereocenters. The highest BCUT2D eigenvalue weighted by Gasteiger charge is 2.16. The second kappa shape index (κ2) is 6.56. The van der Waals surface area contributed by atoms with Crippen LogP contribution in [-0.4, -0.2) is 26.4 Å². The molecule has 3 rings (SSSR count). The van der Waals surface area contributed by atoms with E-state index in [0.29, 0.717) is 18.7 Å². The molecule has 2 aromatic heterocycles. The van der Waals surface area contributed by atoms with E-state index in [2.05, 4.69) is 27.6 Å². The van der Waals surface area contributed by atoms with Crippen molar-refractivity contribution < 1.29 is 9.32 Å². The predicted octanol–water partition coefficient (Wildman–Crippen LogP) is 2.53. The average molecular weight is 310 g/mol. The van der Waals surface area contributed by atoms with E-state index in [1.165, 1.54) is 5.56 Å². The van der Waals surface area contributed by atoms with Crippen molar-refractivity contribution in [2.24, 2.45) is 0 Å². The molecular weight excluding hydrogens is 292 g/mol. The minimum atomic E-state index is 0.396. The molecule has 0 amide bonds. The maximum absolute atomic E-state index is 11.2. The first-order valence-electron chi connectivity index (χ1n) is 7.52. The standard InChI is InChI=1S/C17H18N4O2/c1-12-15(13(2)23-19-12)10-21-17(16(11-22)18-20-21)9-8-14-6-4-3-5-7-14/h3-7,11H,8-10H2,1-2H3. The van der Waals surface area contributed by atoms with Gasteiger partial charge in [0.25, 0.3) is 0 Å². The van der Waals surface area contributed by atoms with Gasteiger partial charge in [0.05, 0.1) is 17.9 Å². The van der Waals surface area contributed by atoms with Gasteiger partial charge in [0.15, 0.2) is 6.29 Å². The lowest BCUT2D eigenvalue weighted by Crippen LogP contribution is -2.09. The Kier molecular flexibility index (Phi) is 4.32. The summed E-state index contributed by atoms with van der Waals surface area (Å²) in [6, 6.07) is 10.2. The van der Waals surface area contributed by atoms with Crippen molar-refractivity contribution in [1.29, 1.82) is 0 Å². The van der Waals surface area contributed by atoms with E-state index in [9.17, 15) is 4.79 Å². The van der Waals surface area contributed by atoms with Crippen LogP contribution in [0.5, 0.6) is 0 Å². The molecular formula is C17H18N4O2. The van der Waals surface area contributed by atoms with Gasteiger partial charge < -0.3 is 4.52 Å². The van der Waals surface area contributed by atoms with Gasteiger partial charge in [0.1, 0.15) is 11.5 Å². The molecule has 1 aromatic carbocycles. The van der Waals surface area contributed by atoms with E-state index in [-0.39, 0.29) is 0 Å². The van der Waals surface area contributed by atoms with Gasteiger partial charge in [0.2, 0.25) is 0 Å². The maximum Gasteiger partial charge on any atom is 0.172 e. The van der Waals surface area contributed by atoms with Crippen molar-refractivity contribution in [3.05, 3.63) is 64.3 Å². The van der Waals surface area contributed by atoms with Crippen LogP contribution < -0.4 is 0 Å². The molecule has 6 heteroatoms. The molecule has 118 valence electrons. The van der Waals surface area contributed by atoms with Crippen LogP contribution in [0.15, 0.2) is 34.9 Å². The van der Waals surface area contributed by atoms with Crippen LogP contribution in [0.2, 0.25) is 0 Å². The van der Waals surface area contributed by atoms with Crippen molar-refractivity contribution in [3.63, 3.8) is 0 Å². The second-order valence-electron chi connectivity index (χ2n) is 5.49. The Morgan fingerprint density at radius 3 is 2.61 bits per heavy atom. The summed E-state index contributed by atoms with van der Waals surface area (Å²) in [6.07, 6.45) is 2.29. The molecule has 6 nitrogen and oxygen atoms in total. The van der Waals surface area contributed by atoms with E-state index >= 15 is 0 Å². The fraction of sp³-hybridized carbons (Fsp3) is 0.294. The second-order valence-corrected chi connectivity index (χ2v) is 5.49. The first-order valence-corrected chi connectivity index (χ1v) is 7.52. The van der Waals surface area contributed by atoms with Crippen molar-refractivity contribution in [3.8, 4) is 0 Å². The number of rotatable bonds is 6. The first-order chi connectivity index (χ1) is 11.2. The molecule has 0 unspecified atom stereocenters. The minimum absolute atomic E-state index is 0.396. The molecule has 0 N–H and O–H groups in total. The summed E-state index contributed by atoms with van der Waals surface area (Å²) < 4.78 is 6.95. The van der Waals surface area contributed by atoms with Crippen LogP contribution >= 0.6 is 0 Å². The maximum atomic E-state index is 11.2. The number of hydrogen-bond acceptors (Lipinski definition) is 5. The fourth-order valence-electron chi connectivity index (χ4n) is 2.61. The fourth-order valence-corrected chi connectivity index (χ4v) is 2.61. The van der Waals surface area contributed by atoms with E-state index in [1.807, 2.05) is 32.0 Å². The molecule has 2 heterocycles. The monoisotopic (exact) mass is 310 g/mol. The number of carbonyl (C=O) groups excluding carboxylic acids is 1. The highest BCUT2D eigenvalue weighted by molar-refractivity contribution is 5.73. The lowest BCUT2D eigenvalue weighted by Gasteiger charge is -2.07. The summed E-state index contributed by atoms with van der Waals surface area (Å²) in [5, 5.41) is 12.1. The summed E-state index contributed by atoms with van der Waals surface area (Å²) in [7, 11) is 0. The number of benzene rings is 1. The number of aryl methyl sites for hydroxylation is 3. The molecule has 0 saturated heterocycles. The van der Waals surface area contributed by atoms with Gasteiger partial charge in [0, 0.05) is 5.56 Å². The Morgan fingerprint density at radius 2 is 1.96 bits per heavy atom. The van der Waals surface area contributed by atoms with Crippen molar-refractivity contribution in [2.75, 3.05) is 0 Å². The van der Waals surface area contributed by atoms with Crippen LogP contribution in [0.1, 0.15) is 38.8 Å². The zero-order valence-electron chi connectivity index (χ0n) is 13.2. The highest BCUT2D eigenvalue weighted by atomic mass is 16.5. The SMILES string of the molecule is Cc1noc(C)c1Cn1nnc(C=O)c1CCc1ccccc1. The Morgan fingerprint density at radius 1 is 1.17 bits per heavy atom. The van der Waals surface area contributed by atoms with Gasteiger partial charge in [-0.25, -0.2) is 4.68 Å². The van der Waals surface area contributed by atoms with E-state index in [1.54, 1.807) is 4.68 Å². The van der Waals surface area contributed by atoms with E-state index < -0.39 is 0 Å². The molecule has 0 bridgehead atoms. The Hall–Kier alpha value is -2.76. The molecule has 0 saturated carbocycles. The number of hydrogen-bond donors (Lipinski definition) is 0. The Balaban J connectivity index is 1.84. The van der Waals surface area contributed by atoms with Gasteiger partial charge in [-0.3, -0.25) is 4.79 Å². The number of aldehydes is 1. The molecule has 0 spiro atoms. The molecule has 0 aliphatic heterocycles. The van der Waals surface area contributed by atoms with E-state index in [4.69, 9.17) is 4.52 Å². The van der Waals surface area contributed by atoms with Gasteiger partial charge in [-0.2, -0.15) is 0 Å². The van der Waals surface area contributed by atoms with Crippen LogP contribution in [0.4, 0.5) is 0 Å². The Labute approximate surface area is 134 Å². The Bertz CT molecular complexity index is 786. The summed E-state index contributed by atoms with van der Waals surface area (Å²) in [4.78, 5) is 11.2. The quantitative estimate of drug-likeness (QED) is 0.654. The number of aromatic nitrogens is 4. The highest BCUT2D eigenvalue weighted by Crippen LogP contribution is 2.16. The van der Waals surface area contributed by atoms with Gasteiger partial charge >= 0.3 is 0 Å². The normalized spacial score (nSPS) is 10.9. The largest absolute Gasteiger partial charge is 0.361 e. The summed E-state index contributed by atoms with van der Waals surface area (Å²) in [5.41, 5.74) is 4.26. The van der Waals surface area contributed by atoms with Crippen molar-refractivity contribution >= 4 is 6.29 Å². The predicted molar refractivity (Wildman–Crippen MR) is 84.3 cm³/mol. The molecule has 0 radical (unpaired) electrons. The summed E-state index contributed by atoms with van der Waals surface area (Å²) in [6.45, 7) is 4.27. The molecule has 0 fully saturated rings. The van der Waals surface area contributed by atoms with Crippen LogP contribution in [0.25, 0.3) is 0 Å². The average Bonchev–Trinajstić information content (AvgIpc) is 3.11. The summed E-state index contributed by atoms with van der Waals surface area (Å²) in [5.74, 6) is 0.764. The van der Waals surface area contributed by atoms with Gasteiger partial charge in [-0.1, -0.05) is 40.7 Å². The zero-order valence-corrected chi connectivity index (χ0v) is 13.2. The third kappa shape index (κ3) is 3.21. The number of carbonyl (C=O) groups is 1. The molecule has 23 heavy (non-hydrogen) atoms. The van der Waals surface area contributed by atoms with Gasteiger partial charge in [-0.05, 0) is 32.3 Å². The van der Waals surface area contributed by atoms with Crippen LogP contribution in [0.3, 0.4) is 0 Å². The lowest BCUT2D eigenvalue weighted by atomic mass is 10.1. The van der Waals surface area contributed by atoms with Crippen molar-refractivity contribution in [2.45, 2.75) is 33.2 Å². The zero-order chi connectivity index (χ0) is 16.2. The third-order valence-electron chi connectivity index (χ3n) is 3.96. The van der Waals surface area contributed by atoms with Crippen LogP contribution in [-0.2, 0) is 19.4 Å².